The van der Waals surface area contributed by atoms with Crippen LogP contribution in [0.4, 0.5) is 0 Å². The molecule has 0 aliphatic carbocycles. The van der Waals surface area contributed by atoms with E-state index in [9.17, 15) is 0 Å². The largest absolute Gasteiger partial charge is 0.325 e. The van der Waals surface area contributed by atoms with Crippen molar-refractivity contribution in [3.05, 3.63) is 72.3 Å². The van der Waals surface area contributed by atoms with Crippen molar-refractivity contribution in [1.29, 1.82) is 0 Å². The number of nitrogens with zero attached hydrogens (tertiary/aromatic N) is 4. The van der Waals surface area contributed by atoms with E-state index < -0.39 is 0 Å². The first-order valence-electron chi connectivity index (χ1n) is 7.83. The number of aromatic nitrogens is 3. The lowest BCUT2D eigenvalue weighted by Crippen LogP contribution is -2.16. The first kappa shape index (κ1) is 15.4. The molecule has 0 saturated carbocycles. The highest BCUT2D eigenvalue weighted by Gasteiger charge is 2.10. The van der Waals surface area contributed by atoms with Gasteiger partial charge in [-0.1, -0.05) is 30.3 Å². The van der Waals surface area contributed by atoms with Crippen molar-refractivity contribution in [2.24, 2.45) is 0 Å². The van der Waals surface area contributed by atoms with Gasteiger partial charge >= 0.3 is 0 Å². The molecule has 2 heterocycles. The van der Waals surface area contributed by atoms with Crippen molar-refractivity contribution >= 4 is 0 Å². The topological polar surface area (TPSA) is 34.0 Å². The van der Waals surface area contributed by atoms with Crippen LogP contribution in [-0.2, 0) is 6.54 Å². The van der Waals surface area contributed by atoms with Gasteiger partial charge in [-0.25, -0.2) is 4.98 Å². The molecular formula is C19H22N4. The van der Waals surface area contributed by atoms with Crippen molar-refractivity contribution in [2.45, 2.75) is 19.5 Å². The third-order valence-electron chi connectivity index (χ3n) is 4.20. The fourth-order valence-corrected chi connectivity index (χ4v) is 2.57. The zero-order valence-electron chi connectivity index (χ0n) is 13.8. The number of hydrogen-bond acceptors (Lipinski definition) is 3. The Hall–Kier alpha value is -2.46. The molecule has 1 aromatic carbocycles. The van der Waals surface area contributed by atoms with E-state index in [-0.39, 0.29) is 0 Å². The highest BCUT2D eigenvalue weighted by molar-refractivity contribution is 5.56. The Labute approximate surface area is 137 Å². The zero-order valence-corrected chi connectivity index (χ0v) is 13.8. The maximum absolute atomic E-state index is 4.52. The van der Waals surface area contributed by atoms with Gasteiger partial charge in [-0.15, -0.1) is 0 Å². The minimum Gasteiger partial charge on any atom is -0.325 e. The summed E-state index contributed by atoms with van der Waals surface area (Å²) in [6.07, 6.45) is 5.67. The molecule has 0 saturated heterocycles. The molecular weight excluding hydrogens is 284 g/mol. The van der Waals surface area contributed by atoms with Crippen LogP contribution in [0.3, 0.4) is 0 Å². The van der Waals surface area contributed by atoms with Crippen molar-refractivity contribution < 1.29 is 0 Å². The summed E-state index contributed by atoms with van der Waals surface area (Å²) in [7, 11) is 4.19. The molecule has 3 aromatic rings. The predicted molar refractivity (Wildman–Crippen MR) is 93.1 cm³/mol. The van der Waals surface area contributed by atoms with Gasteiger partial charge in [0.05, 0.1) is 12.2 Å². The summed E-state index contributed by atoms with van der Waals surface area (Å²) in [6, 6.07) is 15.0. The van der Waals surface area contributed by atoms with Crippen LogP contribution in [0.2, 0.25) is 0 Å². The molecule has 0 amide bonds. The molecule has 23 heavy (non-hydrogen) atoms. The summed E-state index contributed by atoms with van der Waals surface area (Å²) in [5.41, 5.74) is 3.46. The van der Waals surface area contributed by atoms with Crippen LogP contribution in [0.15, 0.2) is 61.1 Å². The molecule has 4 heteroatoms. The van der Waals surface area contributed by atoms with Gasteiger partial charge < -0.3 is 9.47 Å². The molecule has 1 unspecified atom stereocenters. The van der Waals surface area contributed by atoms with Crippen LogP contribution in [0.1, 0.15) is 24.2 Å². The standard InChI is InChI=1S/C19H22N4/c1-15(22(2)3)16-7-9-17(10-8-16)19-21-12-13-23(19)14-18-6-4-5-11-20-18/h4-13,15H,14H2,1-3H3. The van der Waals surface area contributed by atoms with E-state index in [4.69, 9.17) is 0 Å². The first-order valence-corrected chi connectivity index (χ1v) is 7.83. The van der Waals surface area contributed by atoms with Crippen LogP contribution < -0.4 is 0 Å². The fraction of sp³-hybridized carbons (Fsp3) is 0.263. The molecule has 0 N–H and O–H groups in total. The maximum atomic E-state index is 4.52. The van der Waals surface area contributed by atoms with E-state index >= 15 is 0 Å². The van der Waals surface area contributed by atoms with Gasteiger partial charge in [-0.3, -0.25) is 4.98 Å². The number of pyridine rings is 1. The Balaban J connectivity index is 1.84. The highest BCUT2D eigenvalue weighted by Crippen LogP contribution is 2.23. The lowest BCUT2D eigenvalue weighted by atomic mass is 10.1. The maximum Gasteiger partial charge on any atom is 0.140 e. The lowest BCUT2D eigenvalue weighted by Gasteiger charge is -2.20. The van der Waals surface area contributed by atoms with Crippen molar-refractivity contribution in [1.82, 2.24) is 19.4 Å². The summed E-state index contributed by atoms with van der Waals surface area (Å²) >= 11 is 0. The summed E-state index contributed by atoms with van der Waals surface area (Å²) in [5.74, 6) is 0.972. The van der Waals surface area contributed by atoms with E-state index in [1.165, 1.54) is 5.56 Å². The van der Waals surface area contributed by atoms with Gasteiger partial charge in [0.25, 0.3) is 0 Å². The van der Waals surface area contributed by atoms with Crippen LogP contribution in [0.25, 0.3) is 11.4 Å². The van der Waals surface area contributed by atoms with Crippen molar-refractivity contribution in [3.63, 3.8) is 0 Å². The number of rotatable bonds is 5. The van der Waals surface area contributed by atoms with Crippen molar-refractivity contribution in [3.8, 4) is 11.4 Å². The Morgan fingerprint density at radius 2 is 1.78 bits per heavy atom. The van der Waals surface area contributed by atoms with E-state index in [2.05, 4.69) is 64.7 Å². The van der Waals surface area contributed by atoms with E-state index in [0.717, 1.165) is 23.6 Å². The van der Waals surface area contributed by atoms with Crippen LogP contribution in [0, 0.1) is 0 Å². The molecule has 1 atom stereocenters. The average Bonchev–Trinajstić information content (AvgIpc) is 3.03. The Morgan fingerprint density at radius 1 is 1.00 bits per heavy atom. The van der Waals surface area contributed by atoms with E-state index in [1.807, 2.05) is 36.8 Å². The first-order chi connectivity index (χ1) is 11.1. The summed E-state index contributed by atoms with van der Waals surface area (Å²) in [5, 5.41) is 0. The van der Waals surface area contributed by atoms with Crippen LogP contribution >= 0.6 is 0 Å². The molecule has 0 aliphatic rings. The fourth-order valence-electron chi connectivity index (χ4n) is 2.57. The SMILES string of the molecule is CC(c1ccc(-c2nccn2Cc2ccccn2)cc1)N(C)C. The second-order valence-electron chi connectivity index (χ2n) is 5.96. The van der Waals surface area contributed by atoms with Gasteiger partial charge in [0.2, 0.25) is 0 Å². The Morgan fingerprint density at radius 3 is 2.43 bits per heavy atom. The number of benzene rings is 1. The third-order valence-corrected chi connectivity index (χ3v) is 4.20. The predicted octanol–water partition coefficient (Wildman–Crippen LogP) is 3.62. The van der Waals surface area contributed by atoms with Crippen LogP contribution in [-0.4, -0.2) is 33.5 Å². The minimum atomic E-state index is 0.400. The molecule has 0 radical (unpaired) electrons. The van der Waals surface area contributed by atoms with Gasteiger partial charge in [0.1, 0.15) is 5.82 Å². The molecule has 0 bridgehead atoms. The summed E-state index contributed by atoms with van der Waals surface area (Å²) in [6.45, 7) is 2.93. The second-order valence-corrected chi connectivity index (χ2v) is 5.96. The quantitative estimate of drug-likeness (QED) is 0.722. The van der Waals surface area contributed by atoms with Gasteiger partial charge in [-0.2, -0.15) is 0 Å². The summed E-state index contributed by atoms with van der Waals surface area (Å²) in [4.78, 5) is 11.1. The van der Waals surface area contributed by atoms with E-state index in [1.54, 1.807) is 0 Å². The molecule has 3 rings (SSSR count). The molecule has 118 valence electrons. The van der Waals surface area contributed by atoms with E-state index in [0.29, 0.717) is 6.04 Å². The summed E-state index contributed by atoms with van der Waals surface area (Å²) < 4.78 is 2.13. The highest BCUT2D eigenvalue weighted by atomic mass is 15.1. The molecule has 0 fully saturated rings. The molecule has 4 nitrogen and oxygen atoms in total. The van der Waals surface area contributed by atoms with Crippen molar-refractivity contribution in [2.75, 3.05) is 14.1 Å². The molecule has 0 spiro atoms. The average molecular weight is 306 g/mol. The molecule has 0 aliphatic heterocycles. The van der Waals surface area contributed by atoms with Gasteiger partial charge in [0, 0.05) is 30.2 Å². The Bertz CT molecular complexity index is 745. The lowest BCUT2D eigenvalue weighted by molar-refractivity contribution is 0.321. The second kappa shape index (κ2) is 6.75. The number of imidazole rings is 1. The van der Waals surface area contributed by atoms with Gasteiger partial charge in [-0.05, 0) is 38.7 Å². The third kappa shape index (κ3) is 3.48. The minimum absolute atomic E-state index is 0.400. The zero-order chi connectivity index (χ0) is 16.2. The smallest absolute Gasteiger partial charge is 0.140 e. The normalized spacial score (nSPS) is 12.5. The van der Waals surface area contributed by atoms with Gasteiger partial charge in [0.15, 0.2) is 0 Å². The Kier molecular flexibility index (Phi) is 4.53. The van der Waals surface area contributed by atoms with Crippen LogP contribution in [0.5, 0.6) is 0 Å². The molecule has 2 aromatic heterocycles. The number of hydrogen-bond donors (Lipinski definition) is 0. The monoisotopic (exact) mass is 306 g/mol.